The van der Waals surface area contributed by atoms with Crippen LogP contribution in [0.5, 0.6) is 0 Å². The lowest BCUT2D eigenvalue weighted by Crippen LogP contribution is -2.19. The van der Waals surface area contributed by atoms with Gasteiger partial charge in [0.05, 0.1) is 133 Å². The van der Waals surface area contributed by atoms with E-state index in [1.165, 1.54) is 7.11 Å². The predicted molar refractivity (Wildman–Crippen MR) is 139 cm³/mol. The summed E-state index contributed by atoms with van der Waals surface area (Å²) < 4.78 is 58.3. The van der Waals surface area contributed by atoms with Gasteiger partial charge in [0, 0.05) is 6.54 Å². The largest absolute Gasteiger partial charge is 0.467 e. The summed E-state index contributed by atoms with van der Waals surface area (Å²) in [6, 6.07) is 0. The minimum atomic E-state index is -0.405. The standard InChI is InChI=1S/C25H51NO12/c1-26(2)4-5-29-6-7-30-8-9-31-10-11-32-12-13-33-14-15-34-16-17-35-18-19-36-20-21-37-22-23-38-24-25(27)28-3/h4-24H2,1-3H3. The SMILES string of the molecule is COC(=O)COCCOCCOCCOCCOCCOCCOCCOCCOCCOCCN(C)C. The van der Waals surface area contributed by atoms with Crippen LogP contribution in [0.4, 0.5) is 0 Å². The Morgan fingerprint density at radius 2 is 0.658 bits per heavy atom. The Hall–Kier alpha value is -0.970. The fourth-order valence-corrected chi connectivity index (χ4v) is 2.44. The maximum Gasteiger partial charge on any atom is 0.331 e. The molecule has 0 fully saturated rings. The van der Waals surface area contributed by atoms with Gasteiger partial charge in [-0.1, -0.05) is 0 Å². The second kappa shape index (κ2) is 32.2. The lowest BCUT2D eigenvalue weighted by atomic mass is 10.6. The number of carbonyl (C=O) groups is 1. The number of carbonyl (C=O) groups excluding carboxylic acids is 1. The quantitative estimate of drug-likeness (QED) is 0.0808. The Morgan fingerprint density at radius 1 is 0.421 bits per heavy atom. The minimum Gasteiger partial charge on any atom is -0.467 e. The number of likely N-dealkylation sites (N-methyl/N-ethyl adjacent to an activating group) is 1. The third-order valence-electron chi connectivity index (χ3n) is 4.48. The number of methoxy groups -OCH3 is 1. The first-order chi connectivity index (χ1) is 18.7. The van der Waals surface area contributed by atoms with E-state index in [2.05, 4.69) is 9.64 Å². The molecule has 0 aromatic rings. The van der Waals surface area contributed by atoms with Gasteiger partial charge in [-0.3, -0.25) is 0 Å². The van der Waals surface area contributed by atoms with Crippen molar-refractivity contribution in [2.24, 2.45) is 0 Å². The molecule has 0 saturated heterocycles. The molecule has 0 aromatic carbocycles. The molecule has 0 heterocycles. The number of ether oxygens (including phenoxy) is 11. The van der Waals surface area contributed by atoms with Gasteiger partial charge in [0.15, 0.2) is 0 Å². The molecular formula is C25H51NO12. The van der Waals surface area contributed by atoms with E-state index in [0.29, 0.717) is 126 Å². The lowest BCUT2D eigenvalue weighted by molar-refractivity contribution is -0.146. The second-order valence-corrected chi connectivity index (χ2v) is 7.94. The molecule has 228 valence electrons. The molecule has 0 spiro atoms. The molecule has 38 heavy (non-hydrogen) atoms. The molecule has 0 atom stereocenters. The van der Waals surface area contributed by atoms with Gasteiger partial charge in [-0.05, 0) is 14.1 Å². The van der Waals surface area contributed by atoms with E-state index >= 15 is 0 Å². The van der Waals surface area contributed by atoms with Crippen LogP contribution in [0.25, 0.3) is 0 Å². The van der Waals surface area contributed by atoms with Crippen molar-refractivity contribution in [2.45, 2.75) is 0 Å². The molecule has 0 aliphatic heterocycles. The van der Waals surface area contributed by atoms with Crippen molar-refractivity contribution < 1.29 is 56.9 Å². The third kappa shape index (κ3) is 33.1. The van der Waals surface area contributed by atoms with Gasteiger partial charge >= 0.3 is 5.97 Å². The summed E-state index contributed by atoms with van der Waals surface area (Å²) in [4.78, 5) is 12.9. The fourth-order valence-electron chi connectivity index (χ4n) is 2.44. The van der Waals surface area contributed by atoms with Gasteiger partial charge in [-0.15, -0.1) is 0 Å². The van der Waals surface area contributed by atoms with Crippen LogP contribution in [0, 0.1) is 0 Å². The van der Waals surface area contributed by atoms with Crippen molar-refractivity contribution in [3.63, 3.8) is 0 Å². The Bertz CT molecular complexity index is 474. The zero-order chi connectivity index (χ0) is 27.8. The van der Waals surface area contributed by atoms with Crippen molar-refractivity contribution >= 4 is 5.97 Å². The van der Waals surface area contributed by atoms with Crippen molar-refractivity contribution in [1.82, 2.24) is 4.90 Å². The van der Waals surface area contributed by atoms with Crippen molar-refractivity contribution in [2.75, 3.05) is 160 Å². The Morgan fingerprint density at radius 3 is 0.895 bits per heavy atom. The second-order valence-electron chi connectivity index (χ2n) is 7.94. The number of nitrogens with zero attached hydrogens (tertiary/aromatic N) is 1. The van der Waals surface area contributed by atoms with Gasteiger partial charge in [0.1, 0.15) is 6.61 Å². The zero-order valence-corrected chi connectivity index (χ0v) is 23.7. The van der Waals surface area contributed by atoms with Gasteiger partial charge in [0.2, 0.25) is 0 Å². The van der Waals surface area contributed by atoms with E-state index in [0.717, 1.165) is 6.54 Å². The summed E-state index contributed by atoms with van der Waals surface area (Å²) in [5, 5.41) is 0. The van der Waals surface area contributed by atoms with Crippen molar-refractivity contribution in [3.8, 4) is 0 Å². The first kappa shape index (κ1) is 37.0. The highest BCUT2D eigenvalue weighted by molar-refractivity contribution is 5.70. The number of hydrogen-bond donors (Lipinski definition) is 0. The molecule has 0 rings (SSSR count). The molecular weight excluding hydrogens is 506 g/mol. The fraction of sp³-hybridized carbons (Fsp3) is 0.960. The maximum absolute atomic E-state index is 10.8. The van der Waals surface area contributed by atoms with Crippen LogP contribution in [-0.2, 0) is 56.9 Å². The van der Waals surface area contributed by atoms with E-state index in [-0.39, 0.29) is 6.61 Å². The van der Waals surface area contributed by atoms with E-state index < -0.39 is 5.97 Å². The molecule has 0 amide bonds. The highest BCUT2D eigenvalue weighted by atomic mass is 16.6. The molecule has 0 aromatic heterocycles. The van der Waals surface area contributed by atoms with Gasteiger partial charge in [0.25, 0.3) is 0 Å². The van der Waals surface area contributed by atoms with Gasteiger partial charge in [-0.2, -0.15) is 0 Å². The number of hydrogen-bond acceptors (Lipinski definition) is 13. The molecule has 13 heteroatoms. The lowest BCUT2D eigenvalue weighted by Gasteiger charge is -2.10. The van der Waals surface area contributed by atoms with Crippen LogP contribution in [0.1, 0.15) is 0 Å². The van der Waals surface area contributed by atoms with Gasteiger partial charge in [-0.25, -0.2) is 4.79 Å². The first-order valence-electron chi connectivity index (χ1n) is 13.2. The van der Waals surface area contributed by atoms with Crippen LogP contribution in [0.3, 0.4) is 0 Å². The average Bonchev–Trinajstić information content (AvgIpc) is 2.91. The molecule has 0 radical (unpaired) electrons. The molecule has 0 aliphatic carbocycles. The molecule has 0 unspecified atom stereocenters. The normalized spacial score (nSPS) is 11.5. The molecule has 0 saturated carbocycles. The molecule has 13 nitrogen and oxygen atoms in total. The maximum atomic E-state index is 10.8. The first-order valence-corrected chi connectivity index (χ1v) is 13.2. The molecule has 0 aliphatic rings. The summed E-state index contributed by atoms with van der Waals surface area (Å²) in [6.07, 6.45) is 0. The summed E-state index contributed by atoms with van der Waals surface area (Å²) in [5.41, 5.74) is 0. The van der Waals surface area contributed by atoms with E-state index in [9.17, 15) is 4.79 Å². The van der Waals surface area contributed by atoms with Crippen LogP contribution < -0.4 is 0 Å². The average molecular weight is 558 g/mol. The molecule has 0 N–H and O–H groups in total. The summed E-state index contributed by atoms with van der Waals surface area (Å²) in [7, 11) is 5.35. The van der Waals surface area contributed by atoms with E-state index in [4.69, 9.17) is 47.4 Å². The van der Waals surface area contributed by atoms with Crippen molar-refractivity contribution in [3.05, 3.63) is 0 Å². The Kier molecular flexibility index (Phi) is 31.4. The smallest absolute Gasteiger partial charge is 0.331 e. The van der Waals surface area contributed by atoms with Crippen molar-refractivity contribution in [1.29, 1.82) is 0 Å². The topological polar surface area (TPSA) is 122 Å². The summed E-state index contributed by atoms with van der Waals surface area (Å²) in [6.45, 7) is 10.5. The highest BCUT2D eigenvalue weighted by Crippen LogP contribution is 1.87. The summed E-state index contributed by atoms with van der Waals surface area (Å²) in [5.74, 6) is -0.405. The third-order valence-corrected chi connectivity index (χ3v) is 4.48. The van der Waals surface area contributed by atoms with Crippen LogP contribution >= 0.6 is 0 Å². The van der Waals surface area contributed by atoms with Gasteiger partial charge < -0.3 is 57.0 Å². The van der Waals surface area contributed by atoms with E-state index in [1.54, 1.807) is 0 Å². The Balaban J connectivity index is 3.04. The van der Waals surface area contributed by atoms with Crippen LogP contribution in [0.15, 0.2) is 0 Å². The predicted octanol–water partition coefficient (Wildman–Crippen LogP) is -0.113. The zero-order valence-electron chi connectivity index (χ0n) is 23.7. The minimum absolute atomic E-state index is 0.0667. The van der Waals surface area contributed by atoms with Crippen LogP contribution in [-0.4, -0.2) is 171 Å². The number of rotatable bonds is 32. The molecule has 0 bridgehead atoms. The monoisotopic (exact) mass is 557 g/mol. The van der Waals surface area contributed by atoms with E-state index in [1.807, 2.05) is 14.1 Å². The summed E-state index contributed by atoms with van der Waals surface area (Å²) >= 11 is 0. The number of esters is 1. The van der Waals surface area contributed by atoms with Crippen LogP contribution in [0.2, 0.25) is 0 Å². The highest BCUT2D eigenvalue weighted by Gasteiger charge is 1.99. The Labute approximate surface area is 228 Å².